The molecule has 0 spiro atoms. The second-order valence-electron chi connectivity index (χ2n) is 6.13. The Balaban J connectivity index is 1.77. The number of likely N-dealkylation sites (tertiary alicyclic amines) is 1. The number of methoxy groups -OCH3 is 2. The molecule has 0 bridgehead atoms. The quantitative estimate of drug-likeness (QED) is 0.866. The number of rotatable bonds is 4. The van der Waals surface area contributed by atoms with Crippen molar-refractivity contribution in [3.05, 3.63) is 53.3 Å². The smallest absolute Gasteiger partial charge is 0.255 e. The minimum atomic E-state index is 0.0450. The highest BCUT2D eigenvalue weighted by Crippen LogP contribution is 2.33. The van der Waals surface area contributed by atoms with E-state index in [0.29, 0.717) is 12.1 Å². The van der Waals surface area contributed by atoms with Gasteiger partial charge in [-0.3, -0.25) is 9.78 Å². The Bertz CT molecular complexity index is 723. The zero-order valence-corrected chi connectivity index (χ0v) is 14.3. The van der Waals surface area contributed by atoms with Crippen molar-refractivity contribution in [2.24, 2.45) is 0 Å². The number of amides is 1. The van der Waals surface area contributed by atoms with E-state index in [1.165, 1.54) is 0 Å². The molecule has 1 fully saturated rings. The number of pyridine rings is 1. The lowest BCUT2D eigenvalue weighted by atomic mass is 9.98. The number of aromatic nitrogens is 1. The van der Waals surface area contributed by atoms with Crippen molar-refractivity contribution in [2.45, 2.75) is 19.3 Å². The number of hydrogen-bond acceptors (Lipinski definition) is 4. The van der Waals surface area contributed by atoms with Crippen LogP contribution >= 0.6 is 0 Å². The van der Waals surface area contributed by atoms with E-state index in [9.17, 15) is 4.79 Å². The lowest BCUT2D eigenvalue weighted by Crippen LogP contribution is -2.28. The topological polar surface area (TPSA) is 51.7 Å². The van der Waals surface area contributed by atoms with Gasteiger partial charge in [-0.1, -0.05) is 0 Å². The van der Waals surface area contributed by atoms with Crippen LogP contribution in [-0.4, -0.2) is 43.1 Å². The van der Waals surface area contributed by atoms with Crippen LogP contribution in [0.4, 0.5) is 0 Å². The first-order valence-corrected chi connectivity index (χ1v) is 8.04. The van der Waals surface area contributed by atoms with Crippen molar-refractivity contribution < 1.29 is 14.3 Å². The van der Waals surface area contributed by atoms with Crippen LogP contribution in [0.5, 0.6) is 11.5 Å². The number of nitrogens with zero attached hydrogens (tertiary/aromatic N) is 2. The van der Waals surface area contributed by atoms with Crippen LogP contribution in [0.25, 0.3) is 0 Å². The van der Waals surface area contributed by atoms with Gasteiger partial charge in [0, 0.05) is 37.5 Å². The van der Waals surface area contributed by atoms with Crippen LogP contribution in [-0.2, 0) is 0 Å². The van der Waals surface area contributed by atoms with Crippen LogP contribution in [0.3, 0.4) is 0 Å². The summed E-state index contributed by atoms with van der Waals surface area (Å²) in [5.41, 5.74) is 2.79. The van der Waals surface area contributed by atoms with E-state index in [1.54, 1.807) is 26.6 Å². The van der Waals surface area contributed by atoms with E-state index in [-0.39, 0.29) is 11.8 Å². The Morgan fingerprint density at radius 3 is 2.46 bits per heavy atom. The lowest BCUT2D eigenvalue weighted by molar-refractivity contribution is 0.0790. The Labute approximate surface area is 142 Å². The molecule has 24 heavy (non-hydrogen) atoms. The van der Waals surface area contributed by atoms with Gasteiger partial charge in [-0.25, -0.2) is 0 Å². The fraction of sp³-hybridized carbons (Fsp3) is 0.368. The van der Waals surface area contributed by atoms with Gasteiger partial charge < -0.3 is 14.4 Å². The van der Waals surface area contributed by atoms with Gasteiger partial charge in [0.05, 0.1) is 19.8 Å². The Hall–Kier alpha value is -2.56. The second kappa shape index (κ2) is 6.91. The van der Waals surface area contributed by atoms with Crippen molar-refractivity contribution in [1.29, 1.82) is 0 Å². The summed E-state index contributed by atoms with van der Waals surface area (Å²) in [7, 11) is 3.29. The zero-order valence-electron chi connectivity index (χ0n) is 14.3. The van der Waals surface area contributed by atoms with Crippen LogP contribution in [0, 0.1) is 6.92 Å². The van der Waals surface area contributed by atoms with E-state index >= 15 is 0 Å². The maximum atomic E-state index is 12.7. The standard InChI is InChI=1S/C19H22N2O3/c1-13-6-16(11-20-10-13)19(22)21-5-4-14(12-21)15-7-17(23-2)9-18(8-15)24-3/h6-11,14H,4-5,12H2,1-3H3/t14-/m0/s1. The third kappa shape index (κ3) is 3.35. The first-order valence-electron chi connectivity index (χ1n) is 8.04. The first-order chi connectivity index (χ1) is 11.6. The van der Waals surface area contributed by atoms with Crippen LogP contribution < -0.4 is 9.47 Å². The van der Waals surface area contributed by atoms with Crippen molar-refractivity contribution >= 4 is 5.91 Å². The molecule has 1 saturated heterocycles. The summed E-state index contributed by atoms with van der Waals surface area (Å²) in [6, 6.07) is 7.79. The molecular weight excluding hydrogens is 304 g/mol. The van der Waals surface area contributed by atoms with Gasteiger partial charge in [-0.05, 0) is 42.7 Å². The molecule has 1 atom stereocenters. The summed E-state index contributed by atoms with van der Waals surface area (Å²) in [6.07, 6.45) is 4.32. The highest BCUT2D eigenvalue weighted by atomic mass is 16.5. The summed E-state index contributed by atoms with van der Waals surface area (Å²) in [4.78, 5) is 18.7. The maximum Gasteiger partial charge on any atom is 0.255 e. The predicted octanol–water partition coefficient (Wildman–Crippen LogP) is 3.04. The van der Waals surface area contributed by atoms with Crippen molar-refractivity contribution in [3.63, 3.8) is 0 Å². The summed E-state index contributed by atoms with van der Waals surface area (Å²) in [5.74, 6) is 1.88. The van der Waals surface area contributed by atoms with E-state index in [0.717, 1.165) is 35.6 Å². The number of carbonyl (C=O) groups is 1. The highest BCUT2D eigenvalue weighted by Gasteiger charge is 2.28. The summed E-state index contributed by atoms with van der Waals surface area (Å²) in [5, 5.41) is 0. The zero-order chi connectivity index (χ0) is 17.1. The minimum Gasteiger partial charge on any atom is -0.497 e. The van der Waals surface area contributed by atoms with Crippen molar-refractivity contribution in [2.75, 3.05) is 27.3 Å². The average Bonchev–Trinajstić information content (AvgIpc) is 3.10. The molecular formula is C19H22N2O3. The van der Waals surface area contributed by atoms with Crippen molar-refractivity contribution in [3.8, 4) is 11.5 Å². The molecule has 3 rings (SSSR count). The normalized spacial score (nSPS) is 17.0. The lowest BCUT2D eigenvalue weighted by Gasteiger charge is -2.17. The van der Waals surface area contributed by atoms with Gasteiger partial charge in [0.15, 0.2) is 0 Å². The Morgan fingerprint density at radius 1 is 1.12 bits per heavy atom. The van der Waals surface area contributed by atoms with Gasteiger partial charge in [-0.2, -0.15) is 0 Å². The molecule has 5 nitrogen and oxygen atoms in total. The number of benzene rings is 1. The van der Waals surface area contributed by atoms with Crippen LogP contribution in [0.1, 0.15) is 33.8 Å². The maximum absolute atomic E-state index is 12.7. The molecule has 0 unspecified atom stereocenters. The average molecular weight is 326 g/mol. The first kappa shape index (κ1) is 16.3. The molecule has 126 valence electrons. The molecule has 1 aliphatic heterocycles. The third-order valence-corrected chi connectivity index (χ3v) is 4.44. The third-order valence-electron chi connectivity index (χ3n) is 4.44. The minimum absolute atomic E-state index is 0.0450. The molecule has 2 heterocycles. The molecule has 5 heteroatoms. The molecule has 0 N–H and O–H groups in total. The predicted molar refractivity (Wildman–Crippen MR) is 91.8 cm³/mol. The molecule has 1 aliphatic rings. The Kier molecular flexibility index (Phi) is 4.69. The molecule has 1 amide bonds. The number of carbonyl (C=O) groups excluding carboxylic acids is 1. The van der Waals surface area contributed by atoms with Crippen LogP contribution in [0.2, 0.25) is 0 Å². The fourth-order valence-corrected chi connectivity index (χ4v) is 3.14. The summed E-state index contributed by atoms with van der Waals surface area (Å²) in [6.45, 7) is 3.39. The second-order valence-corrected chi connectivity index (χ2v) is 6.13. The van der Waals surface area contributed by atoms with Gasteiger partial charge in [0.25, 0.3) is 5.91 Å². The molecule has 0 radical (unpaired) electrons. The fourth-order valence-electron chi connectivity index (χ4n) is 3.14. The van der Waals surface area contributed by atoms with Crippen LogP contribution in [0.15, 0.2) is 36.7 Å². The van der Waals surface area contributed by atoms with Gasteiger partial charge in [-0.15, -0.1) is 0 Å². The molecule has 1 aromatic heterocycles. The largest absolute Gasteiger partial charge is 0.497 e. The van der Waals surface area contributed by atoms with E-state index in [2.05, 4.69) is 4.98 Å². The monoisotopic (exact) mass is 326 g/mol. The summed E-state index contributed by atoms with van der Waals surface area (Å²) >= 11 is 0. The van der Waals surface area contributed by atoms with E-state index < -0.39 is 0 Å². The van der Waals surface area contributed by atoms with Gasteiger partial charge in [0.1, 0.15) is 11.5 Å². The van der Waals surface area contributed by atoms with E-state index in [4.69, 9.17) is 9.47 Å². The Morgan fingerprint density at radius 2 is 1.83 bits per heavy atom. The van der Waals surface area contributed by atoms with Gasteiger partial charge >= 0.3 is 0 Å². The molecule has 0 saturated carbocycles. The molecule has 2 aromatic rings. The van der Waals surface area contributed by atoms with Crippen molar-refractivity contribution in [1.82, 2.24) is 9.88 Å². The molecule has 1 aromatic carbocycles. The number of aryl methyl sites for hydroxylation is 1. The number of hydrogen-bond donors (Lipinski definition) is 0. The highest BCUT2D eigenvalue weighted by molar-refractivity contribution is 5.94. The SMILES string of the molecule is COc1cc(OC)cc([C@H]2CCN(C(=O)c3cncc(C)c3)C2)c1. The summed E-state index contributed by atoms with van der Waals surface area (Å²) < 4.78 is 10.7. The van der Waals surface area contributed by atoms with E-state index in [1.807, 2.05) is 36.1 Å². The number of ether oxygens (including phenoxy) is 2. The molecule has 0 aliphatic carbocycles. The van der Waals surface area contributed by atoms with Gasteiger partial charge in [0.2, 0.25) is 0 Å².